The second-order valence-electron chi connectivity index (χ2n) is 4.63. The van der Waals surface area contributed by atoms with Crippen LogP contribution in [0.5, 0.6) is 0 Å². The molecule has 1 aromatic carbocycles. The lowest BCUT2D eigenvalue weighted by molar-refractivity contribution is 0.687. The summed E-state index contributed by atoms with van der Waals surface area (Å²) in [5.74, 6) is 2.12. The number of hydrogen-bond donors (Lipinski definition) is 1. The Bertz CT molecular complexity index is 614. The van der Waals surface area contributed by atoms with Crippen molar-refractivity contribution in [3.8, 4) is 0 Å². The van der Waals surface area contributed by atoms with Gasteiger partial charge in [-0.05, 0) is 49.2 Å². The van der Waals surface area contributed by atoms with Crippen LogP contribution in [0.1, 0.15) is 36.6 Å². The topological polar surface area (TPSA) is 33.6 Å². The van der Waals surface area contributed by atoms with Crippen molar-refractivity contribution in [2.45, 2.75) is 31.7 Å². The van der Waals surface area contributed by atoms with Crippen molar-refractivity contribution >= 4 is 23.8 Å². The van der Waals surface area contributed by atoms with Gasteiger partial charge in [0.25, 0.3) is 0 Å². The summed E-state index contributed by atoms with van der Waals surface area (Å²) in [5.41, 5.74) is 1.33. The first kappa shape index (κ1) is 11.9. The third-order valence-corrected chi connectivity index (χ3v) is 4.09. The highest BCUT2D eigenvalue weighted by atomic mass is 35.5. The van der Waals surface area contributed by atoms with Crippen LogP contribution in [0, 0.1) is 4.77 Å². The molecule has 1 fully saturated rings. The van der Waals surface area contributed by atoms with Gasteiger partial charge in [0.05, 0.1) is 0 Å². The molecule has 0 bridgehead atoms. The molecule has 0 aliphatic heterocycles. The molecule has 3 rings (SSSR count). The molecule has 1 saturated carbocycles. The highest BCUT2D eigenvalue weighted by molar-refractivity contribution is 7.71. The molecule has 3 nitrogen and oxygen atoms in total. The van der Waals surface area contributed by atoms with Gasteiger partial charge in [-0.25, -0.2) is 0 Å². The average Bonchev–Trinajstić information content (AvgIpc) is 3.07. The van der Waals surface area contributed by atoms with Gasteiger partial charge in [-0.3, -0.25) is 5.10 Å². The Balaban J connectivity index is 1.85. The smallest absolute Gasteiger partial charge is 0.195 e. The van der Waals surface area contributed by atoms with Gasteiger partial charge < -0.3 is 4.57 Å². The van der Waals surface area contributed by atoms with Crippen molar-refractivity contribution in [3.63, 3.8) is 0 Å². The number of benzene rings is 1. The molecule has 2 unspecified atom stereocenters. The van der Waals surface area contributed by atoms with E-state index in [1.165, 1.54) is 5.56 Å². The lowest BCUT2D eigenvalue weighted by atomic mass is 10.1. The summed E-state index contributed by atoms with van der Waals surface area (Å²) in [5, 5.41) is 8.03. The summed E-state index contributed by atoms with van der Waals surface area (Å²) >= 11 is 11.1. The first-order chi connectivity index (χ1) is 8.70. The van der Waals surface area contributed by atoms with Crippen LogP contribution in [-0.4, -0.2) is 14.8 Å². The van der Waals surface area contributed by atoms with Gasteiger partial charge in [0, 0.05) is 17.5 Å². The van der Waals surface area contributed by atoms with Gasteiger partial charge in [0.15, 0.2) is 4.77 Å². The second-order valence-corrected chi connectivity index (χ2v) is 5.45. The summed E-state index contributed by atoms with van der Waals surface area (Å²) in [7, 11) is 0. The summed E-state index contributed by atoms with van der Waals surface area (Å²) in [6, 6.07) is 8.10. The maximum Gasteiger partial charge on any atom is 0.195 e. The number of hydrogen-bond acceptors (Lipinski definition) is 2. The largest absolute Gasteiger partial charge is 0.304 e. The van der Waals surface area contributed by atoms with E-state index < -0.39 is 0 Å². The zero-order valence-electron chi connectivity index (χ0n) is 10.1. The highest BCUT2D eigenvalue weighted by Gasteiger charge is 2.42. The molecule has 1 N–H and O–H groups in total. The van der Waals surface area contributed by atoms with Crippen LogP contribution in [0.2, 0.25) is 5.02 Å². The van der Waals surface area contributed by atoms with Crippen molar-refractivity contribution in [3.05, 3.63) is 45.4 Å². The Kier molecular flexibility index (Phi) is 2.99. The molecule has 94 valence electrons. The second kappa shape index (κ2) is 4.52. The lowest BCUT2D eigenvalue weighted by Crippen LogP contribution is -2.01. The first-order valence-corrected chi connectivity index (χ1v) is 6.90. The molecule has 1 aliphatic carbocycles. The molecule has 1 heterocycles. The predicted octanol–water partition coefficient (Wildman–Crippen LogP) is 3.89. The van der Waals surface area contributed by atoms with E-state index in [2.05, 4.69) is 33.8 Å². The van der Waals surface area contributed by atoms with Crippen LogP contribution < -0.4 is 0 Å². The van der Waals surface area contributed by atoms with Crippen molar-refractivity contribution < 1.29 is 0 Å². The molecule has 5 heteroatoms. The number of halogens is 1. The van der Waals surface area contributed by atoms with Gasteiger partial charge in [-0.15, -0.1) is 0 Å². The normalized spacial score (nSPS) is 22.1. The minimum Gasteiger partial charge on any atom is -0.304 e. The fraction of sp³-hybridized carbons (Fsp3) is 0.385. The zero-order chi connectivity index (χ0) is 12.7. The van der Waals surface area contributed by atoms with Crippen LogP contribution >= 0.6 is 23.8 Å². The third-order valence-electron chi connectivity index (χ3n) is 3.52. The van der Waals surface area contributed by atoms with Crippen LogP contribution in [-0.2, 0) is 6.54 Å². The molecule has 0 saturated heterocycles. The molecule has 18 heavy (non-hydrogen) atoms. The van der Waals surface area contributed by atoms with E-state index in [1.54, 1.807) is 0 Å². The van der Waals surface area contributed by atoms with E-state index >= 15 is 0 Å². The maximum absolute atomic E-state index is 5.91. The zero-order valence-corrected chi connectivity index (χ0v) is 11.6. The molecular weight excluding hydrogens is 266 g/mol. The minimum absolute atomic E-state index is 0.485. The molecule has 1 aliphatic rings. The fourth-order valence-electron chi connectivity index (χ4n) is 2.48. The van der Waals surface area contributed by atoms with Gasteiger partial charge in [0.2, 0.25) is 0 Å². The summed E-state index contributed by atoms with van der Waals surface area (Å²) in [4.78, 5) is 0. The van der Waals surface area contributed by atoms with Crippen LogP contribution in [0.15, 0.2) is 24.3 Å². The molecule has 0 radical (unpaired) electrons. The SMILES string of the molecule is CCn1c(C2CC2c2ccc(Cl)cc2)n[nH]c1=S. The van der Waals surface area contributed by atoms with Crippen molar-refractivity contribution in [1.29, 1.82) is 0 Å². The predicted molar refractivity (Wildman–Crippen MR) is 74.6 cm³/mol. The van der Waals surface area contributed by atoms with E-state index in [9.17, 15) is 0 Å². The monoisotopic (exact) mass is 279 g/mol. The fourth-order valence-corrected chi connectivity index (χ4v) is 2.87. The molecule has 2 aromatic rings. The Morgan fingerprint density at radius 1 is 1.39 bits per heavy atom. The van der Waals surface area contributed by atoms with Crippen molar-refractivity contribution in [2.75, 3.05) is 0 Å². The summed E-state index contributed by atoms with van der Waals surface area (Å²) < 4.78 is 2.80. The lowest BCUT2D eigenvalue weighted by Gasteiger charge is -2.03. The Labute approximate surface area is 116 Å². The van der Waals surface area contributed by atoms with Crippen LogP contribution in [0.4, 0.5) is 0 Å². The maximum atomic E-state index is 5.91. The molecule has 0 spiro atoms. The standard InChI is InChI=1S/C13H14ClN3S/c1-2-17-12(15-16-13(17)18)11-7-10(11)8-3-5-9(14)6-4-8/h3-6,10-11H,2,7H2,1H3,(H,16,18). The van der Waals surface area contributed by atoms with Gasteiger partial charge >= 0.3 is 0 Å². The van der Waals surface area contributed by atoms with E-state index in [4.69, 9.17) is 23.8 Å². The van der Waals surface area contributed by atoms with E-state index in [0.717, 1.165) is 23.8 Å². The van der Waals surface area contributed by atoms with Crippen molar-refractivity contribution in [1.82, 2.24) is 14.8 Å². The Hall–Kier alpha value is -1.13. The first-order valence-electron chi connectivity index (χ1n) is 6.11. The number of rotatable bonds is 3. The quantitative estimate of drug-likeness (QED) is 0.865. The summed E-state index contributed by atoms with van der Waals surface area (Å²) in [6.45, 7) is 2.96. The van der Waals surface area contributed by atoms with Gasteiger partial charge in [0.1, 0.15) is 5.82 Å². The highest BCUT2D eigenvalue weighted by Crippen LogP contribution is 2.54. The molecule has 1 aromatic heterocycles. The Morgan fingerprint density at radius 2 is 2.11 bits per heavy atom. The van der Waals surface area contributed by atoms with E-state index in [-0.39, 0.29) is 0 Å². The third kappa shape index (κ3) is 1.99. The number of nitrogens with zero attached hydrogens (tertiary/aromatic N) is 2. The average molecular weight is 280 g/mol. The van der Waals surface area contributed by atoms with Crippen LogP contribution in [0.25, 0.3) is 0 Å². The van der Waals surface area contributed by atoms with E-state index in [0.29, 0.717) is 16.6 Å². The molecular formula is C13H14ClN3S. The molecule has 0 amide bonds. The minimum atomic E-state index is 0.485. The number of aromatic amines is 1. The number of aromatic nitrogens is 3. The van der Waals surface area contributed by atoms with Gasteiger partial charge in [-0.1, -0.05) is 23.7 Å². The van der Waals surface area contributed by atoms with Gasteiger partial charge in [-0.2, -0.15) is 5.10 Å². The van der Waals surface area contributed by atoms with Crippen LogP contribution in [0.3, 0.4) is 0 Å². The Morgan fingerprint density at radius 3 is 2.78 bits per heavy atom. The summed E-state index contributed by atoms with van der Waals surface area (Å²) in [6.07, 6.45) is 1.14. The number of H-pyrrole nitrogens is 1. The van der Waals surface area contributed by atoms with Crippen molar-refractivity contribution in [2.24, 2.45) is 0 Å². The molecule has 2 atom stereocenters. The number of nitrogens with one attached hydrogen (secondary N) is 1. The van der Waals surface area contributed by atoms with E-state index in [1.807, 2.05) is 12.1 Å².